The molecule has 0 saturated carbocycles. The van der Waals surface area contributed by atoms with Crippen LogP contribution in [0, 0.1) is 19.8 Å². The smallest absolute Gasteiger partial charge is 0.237 e. The van der Waals surface area contributed by atoms with Gasteiger partial charge >= 0.3 is 0 Å². The summed E-state index contributed by atoms with van der Waals surface area (Å²) in [6.45, 7) is 9.02. The van der Waals surface area contributed by atoms with Crippen molar-refractivity contribution in [2.75, 3.05) is 26.2 Å². The van der Waals surface area contributed by atoms with Gasteiger partial charge in [-0.15, -0.1) is 24.8 Å². The van der Waals surface area contributed by atoms with Crippen LogP contribution < -0.4 is 10.6 Å². The van der Waals surface area contributed by atoms with Crippen molar-refractivity contribution in [3.8, 4) is 5.69 Å². The van der Waals surface area contributed by atoms with Crippen LogP contribution in [0.25, 0.3) is 5.69 Å². The van der Waals surface area contributed by atoms with E-state index in [1.807, 2.05) is 11.6 Å². The highest BCUT2D eigenvalue weighted by Crippen LogP contribution is 2.20. The molecule has 2 fully saturated rings. The minimum absolute atomic E-state index is 0. The van der Waals surface area contributed by atoms with E-state index < -0.39 is 0 Å². The second-order valence-corrected chi connectivity index (χ2v) is 8.64. The second kappa shape index (κ2) is 11.9. The summed E-state index contributed by atoms with van der Waals surface area (Å²) < 4.78 is 2.00. The van der Waals surface area contributed by atoms with Gasteiger partial charge in [0.15, 0.2) is 0 Å². The molecule has 3 heterocycles. The molecule has 2 aliphatic rings. The summed E-state index contributed by atoms with van der Waals surface area (Å²) in [5.41, 5.74) is 4.64. The van der Waals surface area contributed by atoms with Crippen LogP contribution in [0.3, 0.4) is 0 Å². The SMILES string of the molecule is Cc1cc(C)n(-c2ccc(CN3CCCC(CNC(=O)C4CCCN4)C3)cc2)n1.Cl.Cl. The molecular formula is C23H35Cl2N5O. The summed E-state index contributed by atoms with van der Waals surface area (Å²) >= 11 is 0. The molecule has 4 rings (SSSR count). The maximum Gasteiger partial charge on any atom is 0.237 e. The maximum absolute atomic E-state index is 12.2. The number of benzene rings is 1. The summed E-state index contributed by atoms with van der Waals surface area (Å²) in [4.78, 5) is 14.8. The normalized spacial score (nSPS) is 21.2. The van der Waals surface area contributed by atoms with Gasteiger partial charge in [-0.25, -0.2) is 4.68 Å². The highest BCUT2D eigenvalue weighted by molar-refractivity contribution is 5.85. The first-order valence-corrected chi connectivity index (χ1v) is 10.9. The average Bonchev–Trinajstić information content (AvgIpc) is 3.37. The lowest BCUT2D eigenvalue weighted by Crippen LogP contribution is -2.45. The van der Waals surface area contributed by atoms with Crippen LogP contribution >= 0.6 is 24.8 Å². The van der Waals surface area contributed by atoms with Crippen LogP contribution in [0.15, 0.2) is 30.3 Å². The topological polar surface area (TPSA) is 62.2 Å². The number of rotatable bonds is 6. The fraction of sp³-hybridized carbons (Fsp3) is 0.565. The van der Waals surface area contributed by atoms with Gasteiger partial charge in [0.05, 0.1) is 17.4 Å². The zero-order valence-corrected chi connectivity index (χ0v) is 20.1. The van der Waals surface area contributed by atoms with Crippen molar-refractivity contribution in [3.05, 3.63) is 47.3 Å². The lowest BCUT2D eigenvalue weighted by Gasteiger charge is -2.33. The van der Waals surface area contributed by atoms with Crippen LogP contribution in [0.4, 0.5) is 0 Å². The van der Waals surface area contributed by atoms with Crippen molar-refractivity contribution in [2.24, 2.45) is 5.92 Å². The van der Waals surface area contributed by atoms with Crippen molar-refractivity contribution >= 4 is 30.7 Å². The summed E-state index contributed by atoms with van der Waals surface area (Å²) in [6, 6.07) is 10.9. The molecule has 172 valence electrons. The van der Waals surface area contributed by atoms with E-state index in [4.69, 9.17) is 0 Å². The van der Waals surface area contributed by atoms with E-state index in [0.29, 0.717) is 5.92 Å². The Morgan fingerprint density at radius 2 is 1.94 bits per heavy atom. The Balaban J connectivity index is 0.00000171. The fourth-order valence-corrected chi connectivity index (χ4v) is 4.63. The predicted molar refractivity (Wildman–Crippen MR) is 130 cm³/mol. The molecule has 0 radical (unpaired) electrons. The van der Waals surface area contributed by atoms with Crippen LogP contribution in [-0.4, -0.2) is 52.8 Å². The zero-order valence-electron chi connectivity index (χ0n) is 18.5. The highest BCUT2D eigenvalue weighted by Gasteiger charge is 2.24. The largest absolute Gasteiger partial charge is 0.354 e. The molecule has 2 unspecified atom stereocenters. The van der Waals surface area contributed by atoms with Crippen molar-refractivity contribution in [1.82, 2.24) is 25.3 Å². The molecule has 1 aromatic carbocycles. The Labute approximate surface area is 198 Å². The second-order valence-electron chi connectivity index (χ2n) is 8.64. The molecular weight excluding hydrogens is 433 g/mol. The Morgan fingerprint density at radius 1 is 1.16 bits per heavy atom. The Kier molecular flexibility index (Phi) is 9.82. The van der Waals surface area contributed by atoms with E-state index in [-0.39, 0.29) is 36.8 Å². The number of carbonyl (C=O) groups is 1. The van der Waals surface area contributed by atoms with Crippen LogP contribution in [0.1, 0.15) is 42.6 Å². The van der Waals surface area contributed by atoms with E-state index in [1.165, 1.54) is 18.4 Å². The standard InChI is InChI=1S/C23H33N5O.2ClH/c1-17-13-18(2)28(26-17)21-9-7-19(8-10-21)15-27-12-4-5-20(16-27)14-25-23(29)22-6-3-11-24-22;;/h7-10,13,20,22,24H,3-6,11-12,14-16H2,1-2H3,(H,25,29);2*1H. The lowest BCUT2D eigenvalue weighted by molar-refractivity contribution is -0.123. The molecule has 2 aromatic rings. The monoisotopic (exact) mass is 467 g/mol. The van der Waals surface area contributed by atoms with Crippen molar-refractivity contribution < 1.29 is 4.79 Å². The van der Waals surface area contributed by atoms with Gasteiger partial charge in [0.1, 0.15) is 0 Å². The van der Waals surface area contributed by atoms with Gasteiger partial charge < -0.3 is 10.6 Å². The van der Waals surface area contributed by atoms with Crippen LogP contribution in [0.2, 0.25) is 0 Å². The first kappa shape index (κ1) is 25.7. The number of halogens is 2. The predicted octanol–water partition coefficient (Wildman–Crippen LogP) is 3.41. The molecule has 1 aromatic heterocycles. The van der Waals surface area contributed by atoms with E-state index in [2.05, 4.69) is 57.9 Å². The lowest BCUT2D eigenvalue weighted by atomic mass is 9.97. The van der Waals surface area contributed by atoms with E-state index in [1.54, 1.807) is 0 Å². The Hall–Kier alpha value is -1.60. The highest BCUT2D eigenvalue weighted by atomic mass is 35.5. The fourth-order valence-electron chi connectivity index (χ4n) is 4.63. The number of hydrogen-bond donors (Lipinski definition) is 2. The molecule has 2 atom stereocenters. The number of nitrogens with zero attached hydrogens (tertiary/aromatic N) is 3. The van der Waals surface area contributed by atoms with Gasteiger partial charge in [0, 0.05) is 25.3 Å². The number of hydrogen-bond acceptors (Lipinski definition) is 4. The summed E-state index contributed by atoms with van der Waals surface area (Å²) in [5, 5.41) is 11.0. The van der Waals surface area contributed by atoms with Gasteiger partial charge in [-0.2, -0.15) is 5.10 Å². The minimum Gasteiger partial charge on any atom is -0.354 e. The third-order valence-electron chi connectivity index (χ3n) is 6.14. The van der Waals surface area contributed by atoms with Gasteiger partial charge in [-0.3, -0.25) is 9.69 Å². The van der Waals surface area contributed by atoms with E-state index >= 15 is 0 Å². The van der Waals surface area contributed by atoms with Gasteiger partial charge in [-0.05, 0) is 82.3 Å². The number of aromatic nitrogens is 2. The van der Waals surface area contributed by atoms with Crippen LogP contribution in [-0.2, 0) is 11.3 Å². The molecule has 0 bridgehead atoms. The van der Waals surface area contributed by atoms with E-state index in [0.717, 1.165) is 62.6 Å². The first-order valence-electron chi connectivity index (χ1n) is 10.9. The van der Waals surface area contributed by atoms with Crippen molar-refractivity contribution in [2.45, 2.75) is 52.1 Å². The molecule has 2 aliphatic heterocycles. The van der Waals surface area contributed by atoms with Crippen LogP contribution in [0.5, 0.6) is 0 Å². The third-order valence-corrected chi connectivity index (χ3v) is 6.14. The molecule has 31 heavy (non-hydrogen) atoms. The molecule has 2 saturated heterocycles. The molecule has 1 amide bonds. The number of carbonyl (C=O) groups excluding carboxylic acids is 1. The summed E-state index contributed by atoms with van der Waals surface area (Å²) in [7, 11) is 0. The number of piperidine rings is 1. The molecule has 6 nitrogen and oxygen atoms in total. The van der Waals surface area contributed by atoms with E-state index in [9.17, 15) is 4.79 Å². The van der Waals surface area contributed by atoms with Gasteiger partial charge in [-0.1, -0.05) is 12.1 Å². The first-order chi connectivity index (χ1) is 14.1. The average molecular weight is 468 g/mol. The third kappa shape index (κ3) is 6.69. The molecule has 8 heteroatoms. The summed E-state index contributed by atoms with van der Waals surface area (Å²) in [6.07, 6.45) is 4.47. The Bertz CT molecular complexity index is 833. The number of amides is 1. The molecule has 0 aliphatic carbocycles. The van der Waals surface area contributed by atoms with Gasteiger partial charge in [0.25, 0.3) is 0 Å². The zero-order chi connectivity index (χ0) is 20.2. The van der Waals surface area contributed by atoms with Crippen molar-refractivity contribution in [1.29, 1.82) is 0 Å². The molecule has 2 N–H and O–H groups in total. The molecule has 0 spiro atoms. The number of aryl methyl sites for hydroxylation is 2. The Morgan fingerprint density at radius 3 is 2.58 bits per heavy atom. The quantitative estimate of drug-likeness (QED) is 0.682. The summed E-state index contributed by atoms with van der Waals surface area (Å²) in [5.74, 6) is 0.724. The van der Waals surface area contributed by atoms with Crippen molar-refractivity contribution in [3.63, 3.8) is 0 Å². The number of nitrogens with one attached hydrogen (secondary N) is 2. The minimum atomic E-state index is 0. The van der Waals surface area contributed by atoms with Gasteiger partial charge in [0.2, 0.25) is 5.91 Å². The maximum atomic E-state index is 12.2. The number of likely N-dealkylation sites (tertiary alicyclic amines) is 1.